The maximum atomic E-state index is 5.97. The maximum Gasteiger partial charge on any atom is 0.0739 e. The van der Waals surface area contributed by atoms with Crippen LogP contribution in [0.3, 0.4) is 0 Å². The Morgan fingerprint density at radius 2 is 2.11 bits per heavy atom. The van der Waals surface area contributed by atoms with E-state index in [1.54, 1.807) is 12.3 Å². The number of para-hydroxylation sites is 1. The Morgan fingerprint density at radius 1 is 1.28 bits per heavy atom. The highest BCUT2D eigenvalue weighted by Crippen LogP contribution is 2.27. The van der Waals surface area contributed by atoms with Crippen LogP contribution in [0.5, 0.6) is 0 Å². The van der Waals surface area contributed by atoms with Gasteiger partial charge in [0.15, 0.2) is 0 Å². The molecule has 0 aliphatic rings. The Bertz CT molecular complexity index is 540. The summed E-state index contributed by atoms with van der Waals surface area (Å²) in [7, 11) is 0. The van der Waals surface area contributed by atoms with Crippen molar-refractivity contribution in [3.8, 4) is 0 Å². The smallest absolute Gasteiger partial charge is 0.0739 e. The third-order valence-corrected chi connectivity index (χ3v) is 3.19. The first kappa shape index (κ1) is 12.7. The summed E-state index contributed by atoms with van der Waals surface area (Å²) in [5.41, 5.74) is 9.60. The molecule has 3 nitrogen and oxygen atoms in total. The molecule has 2 aromatic rings. The van der Waals surface area contributed by atoms with Gasteiger partial charge in [0.05, 0.1) is 28.6 Å². The van der Waals surface area contributed by atoms with Gasteiger partial charge in [0.25, 0.3) is 0 Å². The van der Waals surface area contributed by atoms with E-state index in [0.29, 0.717) is 17.3 Å². The van der Waals surface area contributed by atoms with Crippen LogP contribution in [0.4, 0.5) is 11.4 Å². The summed E-state index contributed by atoms with van der Waals surface area (Å²) in [6.07, 6.45) is 2.77. The average Bonchev–Trinajstić information content (AvgIpc) is 2.41. The van der Waals surface area contributed by atoms with E-state index < -0.39 is 0 Å². The van der Waals surface area contributed by atoms with Crippen LogP contribution in [0.2, 0.25) is 5.02 Å². The SMILES string of the molecule is CCc1cccnc1CNc1cccc(Cl)c1N. The zero-order valence-electron chi connectivity index (χ0n) is 10.3. The fraction of sp³-hybridized carbons (Fsp3) is 0.214. The first-order chi connectivity index (χ1) is 8.72. The van der Waals surface area contributed by atoms with Crippen molar-refractivity contribution in [2.24, 2.45) is 0 Å². The number of nitrogens with zero attached hydrogens (tertiary/aromatic N) is 1. The van der Waals surface area contributed by atoms with Gasteiger partial charge >= 0.3 is 0 Å². The molecular formula is C14H16ClN3. The summed E-state index contributed by atoms with van der Waals surface area (Å²) < 4.78 is 0. The number of hydrogen-bond acceptors (Lipinski definition) is 3. The fourth-order valence-corrected chi connectivity index (χ4v) is 2.00. The second kappa shape index (κ2) is 5.74. The van der Waals surface area contributed by atoms with Crippen molar-refractivity contribution in [2.75, 3.05) is 11.1 Å². The van der Waals surface area contributed by atoms with E-state index in [9.17, 15) is 0 Å². The molecule has 0 saturated carbocycles. The van der Waals surface area contributed by atoms with E-state index in [2.05, 4.69) is 23.3 Å². The number of nitrogens with two attached hydrogens (primary N) is 1. The topological polar surface area (TPSA) is 50.9 Å². The van der Waals surface area contributed by atoms with Gasteiger partial charge < -0.3 is 11.1 Å². The summed E-state index contributed by atoms with van der Waals surface area (Å²) >= 11 is 5.97. The zero-order valence-corrected chi connectivity index (χ0v) is 11.0. The van der Waals surface area contributed by atoms with Crippen LogP contribution in [-0.4, -0.2) is 4.98 Å². The predicted molar refractivity (Wildman–Crippen MR) is 76.8 cm³/mol. The first-order valence-electron chi connectivity index (χ1n) is 5.93. The minimum absolute atomic E-state index is 0.566. The normalized spacial score (nSPS) is 10.3. The van der Waals surface area contributed by atoms with Crippen molar-refractivity contribution in [1.82, 2.24) is 4.98 Å². The lowest BCUT2D eigenvalue weighted by Gasteiger charge is -2.11. The maximum absolute atomic E-state index is 5.97. The van der Waals surface area contributed by atoms with E-state index in [1.807, 2.05) is 18.2 Å². The number of benzene rings is 1. The summed E-state index contributed by atoms with van der Waals surface area (Å²) in [5, 5.41) is 3.84. The Labute approximate surface area is 112 Å². The van der Waals surface area contributed by atoms with Crippen molar-refractivity contribution in [1.29, 1.82) is 0 Å². The van der Waals surface area contributed by atoms with Crippen LogP contribution < -0.4 is 11.1 Å². The molecule has 1 aromatic heterocycles. The van der Waals surface area contributed by atoms with Gasteiger partial charge in [-0.25, -0.2) is 0 Å². The van der Waals surface area contributed by atoms with Crippen LogP contribution in [0.25, 0.3) is 0 Å². The molecule has 0 fully saturated rings. The van der Waals surface area contributed by atoms with Gasteiger partial charge in [0, 0.05) is 6.20 Å². The molecule has 1 aromatic carbocycles. The number of aromatic nitrogens is 1. The molecular weight excluding hydrogens is 246 g/mol. The van der Waals surface area contributed by atoms with Crippen LogP contribution in [0.1, 0.15) is 18.2 Å². The minimum Gasteiger partial charge on any atom is -0.396 e. The first-order valence-corrected chi connectivity index (χ1v) is 6.30. The quantitative estimate of drug-likeness (QED) is 0.829. The monoisotopic (exact) mass is 261 g/mol. The molecule has 0 amide bonds. The lowest BCUT2D eigenvalue weighted by molar-refractivity contribution is 0.972. The summed E-state index contributed by atoms with van der Waals surface area (Å²) in [5.74, 6) is 0. The van der Waals surface area contributed by atoms with E-state index in [1.165, 1.54) is 5.56 Å². The molecule has 3 N–H and O–H groups in total. The van der Waals surface area contributed by atoms with Gasteiger partial charge in [-0.2, -0.15) is 0 Å². The van der Waals surface area contributed by atoms with E-state index in [0.717, 1.165) is 17.8 Å². The molecule has 1 heterocycles. The molecule has 0 radical (unpaired) electrons. The molecule has 0 aliphatic carbocycles. The van der Waals surface area contributed by atoms with Crippen molar-refractivity contribution < 1.29 is 0 Å². The van der Waals surface area contributed by atoms with E-state index >= 15 is 0 Å². The van der Waals surface area contributed by atoms with Gasteiger partial charge in [-0.1, -0.05) is 30.7 Å². The van der Waals surface area contributed by atoms with Crippen molar-refractivity contribution in [2.45, 2.75) is 19.9 Å². The molecule has 4 heteroatoms. The highest BCUT2D eigenvalue weighted by Gasteiger charge is 2.05. The number of nitrogen functional groups attached to an aromatic ring is 1. The Kier molecular flexibility index (Phi) is 4.05. The van der Waals surface area contributed by atoms with Gasteiger partial charge in [-0.3, -0.25) is 4.98 Å². The molecule has 94 valence electrons. The van der Waals surface area contributed by atoms with Gasteiger partial charge in [0.2, 0.25) is 0 Å². The molecule has 0 aliphatic heterocycles. The van der Waals surface area contributed by atoms with Gasteiger partial charge in [-0.05, 0) is 30.2 Å². The number of anilines is 2. The lowest BCUT2D eigenvalue weighted by atomic mass is 10.1. The third kappa shape index (κ3) is 2.74. The Balaban J connectivity index is 2.14. The highest BCUT2D eigenvalue weighted by atomic mass is 35.5. The predicted octanol–water partition coefficient (Wildman–Crippen LogP) is 3.49. The number of halogens is 1. The number of nitrogens with one attached hydrogen (secondary N) is 1. The molecule has 2 rings (SSSR count). The summed E-state index contributed by atoms with van der Waals surface area (Å²) in [6.45, 7) is 2.77. The number of rotatable bonds is 4. The van der Waals surface area contributed by atoms with Crippen molar-refractivity contribution >= 4 is 23.0 Å². The molecule has 0 unspecified atom stereocenters. The number of hydrogen-bond donors (Lipinski definition) is 2. The second-order valence-electron chi connectivity index (χ2n) is 4.02. The lowest BCUT2D eigenvalue weighted by Crippen LogP contribution is -2.06. The Morgan fingerprint density at radius 3 is 2.89 bits per heavy atom. The largest absolute Gasteiger partial charge is 0.396 e. The van der Waals surface area contributed by atoms with E-state index in [-0.39, 0.29) is 0 Å². The van der Waals surface area contributed by atoms with Crippen LogP contribution in [0.15, 0.2) is 36.5 Å². The molecule has 0 bridgehead atoms. The van der Waals surface area contributed by atoms with Crippen LogP contribution >= 0.6 is 11.6 Å². The summed E-state index contributed by atoms with van der Waals surface area (Å²) in [6, 6.07) is 9.61. The molecule has 0 atom stereocenters. The van der Waals surface area contributed by atoms with Crippen molar-refractivity contribution in [3.05, 3.63) is 52.8 Å². The van der Waals surface area contributed by atoms with Crippen LogP contribution in [0, 0.1) is 0 Å². The highest BCUT2D eigenvalue weighted by molar-refractivity contribution is 6.33. The number of pyridine rings is 1. The Hall–Kier alpha value is -1.74. The zero-order chi connectivity index (χ0) is 13.0. The molecule has 0 spiro atoms. The summed E-state index contributed by atoms with van der Waals surface area (Å²) in [4.78, 5) is 4.38. The van der Waals surface area contributed by atoms with E-state index in [4.69, 9.17) is 17.3 Å². The molecule has 18 heavy (non-hydrogen) atoms. The van der Waals surface area contributed by atoms with Crippen molar-refractivity contribution in [3.63, 3.8) is 0 Å². The van der Waals surface area contributed by atoms with Gasteiger partial charge in [-0.15, -0.1) is 0 Å². The molecule has 0 saturated heterocycles. The minimum atomic E-state index is 0.566. The van der Waals surface area contributed by atoms with Crippen LogP contribution in [-0.2, 0) is 13.0 Å². The number of aryl methyl sites for hydroxylation is 1. The second-order valence-corrected chi connectivity index (χ2v) is 4.42. The fourth-order valence-electron chi connectivity index (χ4n) is 1.82. The third-order valence-electron chi connectivity index (χ3n) is 2.86. The average molecular weight is 262 g/mol. The standard InChI is InChI=1S/C14H16ClN3/c1-2-10-5-4-8-17-13(10)9-18-12-7-3-6-11(15)14(12)16/h3-8,18H,2,9,16H2,1H3. The van der Waals surface area contributed by atoms with Gasteiger partial charge in [0.1, 0.15) is 0 Å².